The van der Waals surface area contributed by atoms with Crippen LogP contribution in [0.1, 0.15) is 49.7 Å². The second-order valence-corrected chi connectivity index (χ2v) is 11.5. The molecule has 0 saturated carbocycles. The van der Waals surface area contributed by atoms with Gasteiger partial charge < -0.3 is 19.1 Å². The van der Waals surface area contributed by atoms with Gasteiger partial charge in [0.2, 0.25) is 16.0 Å². The molecule has 34 heavy (non-hydrogen) atoms. The summed E-state index contributed by atoms with van der Waals surface area (Å²) in [6.07, 6.45) is 8.46. The van der Waals surface area contributed by atoms with Crippen LogP contribution in [0.2, 0.25) is 0 Å². The largest absolute Gasteiger partial charge is 0.374 e. The second kappa shape index (κ2) is 9.14. The van der Waals surface area contributed by atoms with Crippen LogP contribution in [-0.2, 0) is 21.3 Å². The lowest BCUT2D eigenvalue weighted by Gasteiger charge is -2.40. The molecule has 12 heteroatoms. The van der Waals surface area contributed by atoms with E-state index in [1.54, 1.807) is 18.5 Å². The van der Waals surface area contributed by atoms with Crippen LogP contribution in [0.5, 0.6) is 0 Å². The molecule has 0 spiro atoms. The topological polar surface area (TPSA) is 118 Å². The van der Waals surface area contributed by atoms with Gasteiger partial charge in [0.15, 0.2) is 5.82 Å². The third-order valence-electron chi connectivity index (χ3n) is 6.57. The molecule has 11 nitrogen and oxygen atoms in total. The summed E-state index contributed by atoms with van der Waals surface area (Å²) in [5.74, 6) is 2.20. The molecule has 5 rings (SSSR count). The lowest BCUT2D eigenvalue weighted by molar-refractivity contribution is 0.00754. The molecule has 0 aliphatic carbocycles. The minimum Gasteiger partial charge on any atom is -0.374 e. The normalized spacial score (nSPS) is 19.6. The van der Waals surface area contributed by atoms with Crippen LogP contribution >= 0.6 is 0 Å². The van der Waals surface area contributed by atoms with Gasteiger partial charge in [0.05, 0.1) is 31.2 Å². The van der Waals surface area contributed by atoms with E-state index in [9.17, 15) is 8.42 Å². The summed E-state index contributed by atoms with van der Waals surface area (Å²) >= 11 is 0. The van der Waals surface area contributed by atoms with Crippen molar-refractivity contribution in [2.75, 3.05) is 48.8 Å². The monoisotopic (exact) mass is 489 g/mol. The van der Waals surface area contributed by atoms with Crippen molar-refractivity contribution in [1.29, 1.82) is 0 Å². The number of anilines is 2. The van der Waals surface area contributed by atoms with E-state index in [0.717, 1.165) is 62.7 Å². The highest BCUT2D eigenvalue weighted by atomic mass is 32.2. The molecule has 184 valence electrons. The van der Waals surface area contributed by atoms with Crippen molar-refractivity contribution in [2.45, 2.75) is 45.3 Å². The first-order valence-electron chi connectivity index (χ1n) is 11.7. The first kappa shape index (κ1) is 23.0. The smallest absolute Gasteiger partial charge is 0.324 e. The molecule has 0 N–H and O–H groups in total. The Kier molecular flexibility index (Phi) is 6.19. The predicted octanol–water partition coefficient (Wildman–Crippen LogP) is 1.85. The third-order valence-corrected chi connectivity index (χ3v) is 7.67. The Morgan fingerprint density at radius 2 is 1.94 bits per heavy atom. The highest BCUT2D eigenvalue weighted by Crippen LogP contribution is 2.27. The number of rotatable bonds is 7. The van der Waals surface area contributed by atoms with Crippen molar-refractivity contribution in [1.82, 2.24) is 24.4 Å². The zero-order valence-electron chi connectivity index (χ0n) is 19.8. The number of hydrogen-bond acceptors (Lipinski definition) is 10. The van der Waals surface area contributed by atoms with Gasteiger partial charge in [-0.1, -0.05) is 19.0 Å². The zero-order valence-corrected chi connectivity index (χ0v) is 20.6. The van der Waals surface area contributed by atoms with E-state index in [4.69, 9.17) is 9.26 Å². The Morgan fingerprint density at radius 3 is 2.62 bits per heavy atom. The van der Waals surface area contributed by atoms with E-state index < -0.39 is 10.0 Å². The highest BCUT2D eigenvalue weighted by molar-refractivity contribution is 7.88. The third kappa shape index (κ3) is 4.88. The maximum Gasteiger partial charge on any atom is 0.324 e. The zero-order chi connectivity index (χ0) is 23.9. The summed E-state index contributed by atoms with van der Waals surface area (Å²) in [4.78, 5) is 17.8. The van der Waals surface area contributed by atoms with E-state index in [1.807, 2.05) is 0 Å². The lowest BCUT2D eigenvalue weighted by atomic mass is 9.98. The van der Waals surface area contributed by atoms with Crippen LogP contribution in [0.3, 0.4) is 0 Å². The molecule has 5 heterocycles. The first-order valence-corrected chi connectivity index (χ1v) is 13.6. The van der Waals surface area contributed by atoms with Crippen LogP contribution in [0, 0.1) is 5.92 Å². The molecule has 2 aromatic heterocycles. The minimum absolute atomic E-state index is 0.179. The van der Waals surface area contributed by atoms with Gasteiger partial charge in [0, 0.05) is 50.1 Å². The van der Waals surface area contributed by atoms with Crippen LogP contribution < -0.4 is 9.80 Å². The van der Waals surface area contributed by atoms with E-state index in [0.29, 0.717) is 17.9 Å². The molecule has 3 aliphatic rings. The number of piperidine rings is 1. The molecular weight excluding hydrogens is 458 g/mol. The average molecular weight is 490 g/mol. The summed E-state index contributed by atoms with van der Waals surface area (Å²) in [7, 11) is -3.28. The number of ether oxygens (including phenoxy) is 1. The summed E-state index contributed by atoms with van der Waals surface area (Å²) < 4.78 is 36.4. The fourth-order valence-corrected chi connectivity index (χ4v) is 4.95. The number of aromatic nitrogens is 4. The van der Waals surface area contributed by atoms with E-state index in [1.165, 1.54) is 10.6 Å². The van der Waals surface area contributed by atoms with Crippen molar-refractivity contribution < 1.29 is 17.7 Å². The molecule has 2 aromatic rings. The Balaban J connectivity index is 1.06. The summed E-state index contributed by atoms with van der Waals surface area (Å²) in [5, 5.41) is 4.06. The van der Waals surface area contributed by atoms with Crippen molar-refractivity contribution in [3.63, 3.8) is 0 Å². The Bertz CT molecular complexity index is 1150. The first-order chi connectivity index (χ1) is 16.3. The average Bonchev–Trinajstić information content (AvgIpc) is 3.28. The molecule has 0 bridgehead atoms. The van der Waals surface area contributed by atoms with Crippen molar-refractivity contribution >= 4 is 28.1 Å². The summed E-state index contributed by atoms with van der Waals surface area (Å²) in [6.45, 7) is 8.46. The molecule has 0 atom stereocenters. The molecule has 2 saturated heterocycles. The van der Waals surface area contributed by atoms with Crippen LogP contribution in [0.25, 0.3) is 6.08 Å². The van der Waals surface area contributed by atoms with Gasteiger partial charge in [-0.3, -0.25) is 4.31 Å². The minimum atomic E-state index is -3.28. The van der Waals surface area contributed by atoms with Gasteiger partial charge in [0.25, 0.3) is 0 Å². The van der Waals surface area contributed by atoms with Crippen molar-refractivity contribution in [2.24, 2.45) is 5.92 Å². The molecule has 0 unspecified atom stereocenters. The van der Waals surface area contributed by atoms with E-state index in [-0.39, 0.29) is 18.6 Å². The number of nitrogens with zero attached hydrogens (tertiary/aromatic N) is 7. The standard InChI is InChI=1S/C22H31N7O4S/c1-15(2)20-25-22(33-26-20)27-7-4-16(5-8-27)14-32-18-12-28(13-18)21-23-10-17-11-29(34(3,30)31)9-6-19(17)24-21/h6,9-10,15-16,18H,4-5,7-8,11-14H2,1-3H3. The molecule has 0 radical (unpaired) electrons. The molecular formula is C22H31N7O4S. The molecule has 2 fully saturated rings. The van der Waals surface area contributed by atoms with Gasteiger partial charge in [-0.25, -0.2) is 18.4 Å². The molecule has 3 aliphatic heterocycles. The molecule has 0 aromatic carbocycles. The Labute approximate surface area is 199 Å². The maximum atomic E-state index is 11.7. The number of fused-ring (bicyclic) bond motifs is 1. The fourth-order valence-electron chi connectivity index (χ4n) is 4.29. The quantitative estimate of drug-likeness (QED) is 0.570. The van der Waals surface area contributed by atoms with Crippen LogP contribution in [0.4, 0.5) is 12.0 Å². The van der Waals surface area contributed by atoms with Gasteiger partial charge in [-0.05, 0) is 24.8 Å². The molecule has 0 amide bonds. The highest BCUT2D eigenvalue weighted by Gasteiger charge is 2.32. The van der Waals surface area contributed by atoms with Gasteiger partial charge in [-0.2, -0.15) is 4.98 Å². The summed E-state index contributed by atoms with van der Waals surface area (Å²) in [6, 6.07) is 0.627. The Morgan fingerprint density at radius 1 is 1.18 bits per heavy atom. The van der Waals surface area contributed by atoms with Gasteiger partial charge in [-0.15, -0.1) is 0 Å². The predicted molar refractivity (Wildman–Crippen MR) is 127 cm³/mol. The van der Waals surface area contributed by atoms with Gasteiger partial charge >= 0.3 is 6.01 Å². The summed E-state index contributed by atoms with van der Waals surface area (Å²) in [5.41, 5.74) is 1.57. The van der Waals surface area contributed by atoms with Gasteiger partial charge in [0.1, 0.15) is 0 Å². The van der Waals surface area contributed by atoms with Crippen LogP contribution in [0.15, 0.2) is 16.9 Å². The van der Waals surface area contributed by atoms with Crippen molar-refractivity contribution in [3.8, 4) is 0 Å². The number of hydrogen-bond donors (Lipinski definition) is 0. The number of sulfonamides is 1. The van der Waals surface area contributed by atoms with E-state index in [2.05, 4.69) is 43.8 Å². The van der Waals surface area contributed by atoms with E-state index >= 15 is 0 Å². The second-order valence-electron chi connectivity index (χ2n) is 9.59. The van der Waals surface area contributed by atoms with Crippen LogP contribution in [-0.4, -0.2) is 78.0 Å². The SMILES string of the molecule is CC(C)c1noc(N2CCC(COC3CN(c4ncc5c(n4)C=CN(S(C)(=O)=O)C5)C3)CC2)n1. The lowest BCUT2D eigenvalue weighted by Crippen LogP contribution is -2.53. The maximum absolute atomic E-state index is 11.7. The fraction of sp³-hybridized carbons (Fsp3) is 0.636. The Hall–Kier alpha value is -2.73. The van der Waals surface area contributed by atoms with Crippen molar-refractivity contribution in [3.05, 3.63) is 29.5 Å².